The third-order valence-corrected chi connectivity index (χ3v) is 6.36. The lowest BCUT2D eigenvalue weighted by Gasteiger charge is -2.23. The molecule has 0 saturated heterocycles. The van der Waals surface area contributed by atoms with Crippen LogP contribution in [0.1, 0.15) is 52.8 Å². The summed E-state index contributed by atoms with van der Waals surface area (Å²) in [5.41, 5.74) is 1.23. The number of non-ortho nitro benzene ring substituents is 1. The number of benzene rings is 1. The van der Waals surface area contributed by atoms with E-state index in [1.807, 2.05) is 11.4 Å². The minimum atomic E-state index is -0.462. The fraction of sp³-hybridized carbons (Fsp3) is 0.350. The van der Waals surface area contributed by atoms with Crippen LogP contribution in [-0.2, 0) is 0 Å². The lowest BCUT2D eigenvalue weighted by Crippen LogP contribution is -2.33. The molecule has 29 heavy (non-hydrogen) atoms. The van der Waals surface area contributed by atoms with E-state index in [0.717, 1.165) is 17.7 Å². The van der Waals surface area contributed by atoms with E-state index < -0.39 is 4.92 Å². The molecule has 1 aliphatic carbocycles. The van der Waals surface area contributed by atoms with Crippen molar-refractivity contribution in [2.24, 2.45) is 5.92 Å². The van der Waals surface area contributed by atoms with Gasteiger partial charge >= 0.3 is 0 Å². The molecule has 0 radical (unpaired) electrons. The highest BCUT2D eigenvalue weighted by atomic mass is 32.1. The van der Waals surface area contributed by atoms with Gasteiger partial charge < -0.3 is 5.32 Å². The predicted octanol–water partition coefficient (Wildman–Crippen LogP) is 4.21. The normalized spacial score (nSPS) is 15.3. The quantitative estimate of drug-likeness (QED) is 0.483. The summed E-state index contributed by atoms with van der Waals surface area (Å²) in [7, 11) is 0. The molecule has 1 fully saturated rings. The number of carbonyl (C=O) groups excluding carboxylic acids is 1. The molecule has 1 aliphatic rings. The number of rotatable bonds is 6. The second-order valence-corrected chi connectivity index (χ2v) is 8.20. The Hall–Kier alpha value is -3.07. The number of nitrogens with zero attached hydrogens (tertiary/aromatic N) is 4. The van der Waals surface area contributed by atoms with Crippen LogP contribution >= 0.6 is 11.3 Å². The standard InChI is InChI=1S/C20H21N5O3S/c1-13-18(22-23-24(13)15-8-4-9-16(12-15)25(27)28)20(26)21-19(14-6-2-3-7-14)17-10-5-11-29-17/h4-5,8-12,14,19H,2-3,6-7H2,1H3,(H,21,26). The van der Waals surface area contributed by atoms with Crippen molar-refractivity contribution in [1.29, 1.82) is 0 Å². The molecular weight excluding hydrogens is 390 g/mol. The van der Waals surface area contributed by atoms with Crippen molar-refractivity contribution in [2.75, 3.05) is 0 Å². The maximum absolute atomic E-state index is 13.0. The van der Waals surface area contributed by atoms with Crippen molar-refractivity contribution in [2.45, 2.75) is 38.6 Å². The Morgan fingerprint density at radius 1 is 1.31 bits per heavy atom. The highest BCUT2D eigenvalue weighted by Crippen LogP contribution is 2.37. The smallest absolute Gasteiger partial charge is 0.274 e. The third-order valence-electron chi connectivity index (χ3n) is 5.40. The number of nitro groups is 1. The zero-order valence-corrected chi connectivity index (χ0v) is 16.8. The van der Waals surface area contributed by atoms with E-state index in [-0.39, 0.29) is 23.3 Å². The fourth-order valence-electron chi connectivity index (χ4n) is 3.91. The molecule has 8 nitrogen and oxygen atoms in total. The molecule has 9 heteroatoms. The number of hydrogen-bond acceptors (Lipinski definition) is 6. The Kier molecular flexibility index (Phi) is 5.39. The molecular formula is C20H21N5O3S. The van der Waals surface area contributed by atoms with E-state index in [0.29, 0.717) is 17.3 Å². The summed E-state index contributed by atoms with van der Waals surface area (Å²) in [6.07, 6.45) is 4.57. The van der Waals surface area contributed by atoms with E-state index >= 15 is 0 Å². The topological polar surface area (TPSA) is 103 Å². The zero-order valence-electron chi connectivity index (χ0n) is 15.9. The number of nitrogens with one attached hydrogen (secondary N) is 1. The molecule has 150 valence electrons. The lowest BCUT2D eigenvalue weighted by atomic mass is 9.96. The van der Waals surface area contributed by atoms with Crippen LogP contribution in [0.2, 0.25) is 0 Å². The van der Waals surface area contributed by atoms with Gasteiger partial charge in [0.15, 0.2) is 5.69 Å². The van der Waals surface area contributed by atoms with Crippen molar-refractivity contribution >= 4 is 22.9 Å². The zero-order chi connectivity index (χ0) is 20.4. The molecule has 2 heterocycles. The van der Waals surface area contributed by atoms with Crippen LogP contribution in [0.15, 0.2) is 41.8 Å². The lowest BCUT2D eigenvalue weighted by molar-refractivity contribution is -0.384. The number of carbonyl (C=O) groups is 1. The molecule has 1 N–H and O–H groups in total. The first-order chi connectivity index (χ1) is 14.0. The second-order valence-electron chi connectivity index (χ2n) is 7.22. The van der Waals surface area contributed by atoms with Crippen molar-refractivity contribution in [3.63, 3.8) is 0 Å². The molecule has 1 aromatic carbocycles. The molecule has 1 unspecified atom stereocenters. The highest BCUT2D eigenvalue weighted by molar-refractivity contribution is 7.10. The number of thiophene rings is 1. The van der Waals surface area contributed by atoms with Crippen LogP contribution in [-0.4, -0.2) is 25.8 Å². The van der Waals surface area contributed by atoms with Gasteiger partial charge in [0.1, 0.15) is 0 Å². The van der Waals surface area contributed by atoms with Gasteiger partial charge in [0.25, 0.3) is 11.6 Å². The van der Waals surface area contributed by atoms with Crippen LogP contribution in [0, 0.1) is 23.0 Å². The van der Waals surface area contributed by atoms with Crippen LogP contribution in [0.25, 0.3) is 5.69 Å². The fourth-order valence-corrected chi connectivity index (χ4v) is 4.78. The van der Waals surface area contributed by atoms with Gasteiger partial charge in [0.2, 0.25) is 0 Å². The number of amides is 1. The van der Waals surface area contributed by atoms with Gasteiger partial charge in [-0.25, -0.2) is 4.68 Å². The summed E-state index contributed by atoms with van der Waals surface area (Å²) in [6.45, 7) is 1.74. The summed E-state index contributed by atoms with van der Waals surface area (Å²) in [4.78, 5) is 24.7. The first-order valence-electron chi connectivity index (χ1n) is 9.56. The van der Waals surface area contributed by atoms with Crippen molar-refractivity contribution < 1.29 is 9.72 Å². The van der Waals surface area contributed by atoms with Crippen molar-refractivity contribution in [3.05, 3.63) is 68.2 Å². The molecule has 1 atom stereocenters. The van der Waals surface area contributed by atoms with Gasteiger partial charge in [-0.3, -0.25) is 14.9 Å². The van der Waals surface area contributed by atoms with Crippen molar-refractivity contribution in [1.82, 2.24) is 20.3 Å². The molecule has 1 amide bonds. The maximum atomic E-state index is 13.0. The number of nitro benzene ring substituents is 1. The first kappa shape index (κ1) is 19.3. The molecule has 4 rings (SSSR count). The Morgan fingerprint density at radius 2 is 2.10 bits per heavy atom. The average Bonchev–Trinajstić information content (AvgIpc) is 3.48. The summed E-state index contributed by atoms with van der Waals surface area (Å²) < 4.78 is 1.46. The molecule has 1 saturated carbocycles. The van der Waals surface area contributed by atoms with Crippen LogP contribution < -0.4 is 5.32 Å². The molecule has 0 spiro atoms. The van der Waals surface area contributed by atoms with Gasteiger partial charge in [-0.2, -0.15) is 0 Å². The van der Waals surface area contributed by atoms with Gasteiger partial charge in [-0.15, -0.1) is 16.4 Å². The van der Waals surface area contributed by atoms with Gasteiger partial charge in [0, 0.05) is 17.0 Å². The Balaban J connectivity index is 1.59. The SMILES string of the molecule is Cc1c(C(=O)NC(c2cccs2)C2CCCC2)nnn1-c1cccc([N+](=O)[O-])c1. The van der Waals surface area contributed by atoms with E-state index in [2.05, 4.69) is 21.7 Å². The number of hydrogen-bond donors (Lipinski definition) is 1. The van der Waals surface area contributed by atoms with E-state index in [9.17, 15) is 14.9 Å². The Morgan fingerprint density at radius 3 is 2.79 bits per heavy atom. The van der Waals surface area contributed by atoms with E-state index in [4.69, 9.17) is 0 Å². The third kappa shape index (κ3) is 3.91. The van der Waals surface area contributed by atoms with Gasteiger partial charge in [-0.05, 0) is 43.2 Å². The summed E-state index contributed by atoms with van der Waals surface area (Å²) >= 11 is 1.65. The summed E-state index contributed by atoms with van der Waals surface area (Å²) in [5, 5.41) is 24.3. The Bertz CT molecular complexity index is 1020. The van der Waals surface area contributed by atoms with Crippen molar-refractivity contribution in [3.8, 4) is 5.69 Å². The summed E-state index contributed by atoms with van der Waals surface area (Å²) in [5.74, 6) is 0.147. The molecule has 2 aromatic heterocycles. The highest BCUT2D eigenvalue weighted by Gasteiger charge is 2.30. The molecule has 0 bridgehead atoms. The average molecular weight is 411 g/mol. The minimum Gasteiger partial charge on any atom is -0.343 e. The molecule has 0 aliphatic heterocycles. The monoisotopic (exact) mass is 411 g/mol. The predicted molar refractivity (Wildman–Crippen MR) is 109 cm³/mol. The van der Waals surface area contributed by atoms with Crippen LogP contribution in [0.5, 0.6) is 0 Å². The number of aromatic nitrogens is 3. The van der Waals surface area contributed by atoms with E-state index in [1.165, 1.54) is 29.7 Å². The first-order valence-corrected chi connectivity index (χ1v) is 10.4. The minimum absolute atomic E-state index is 0.0348. The second kappa shape index (κ2) is 8.12. The summed E-state index contributed by atoms with van der Waals surface area (Å²) in [6, 6.07) is 10.1. The largest absolute Gasteiger partial charge is 0.343 e. The van der Waals surface area contributed by atoms with Gasteiger partial charge in [-0.1, -0.05) is 30.2 Å². The molecule has 3 aromatic rings. The van der Waals surface area contributed by atoms with Crippen LogP contribution in [0.4, 0.5) is 5.69 Å². The van der Waals surface area contributed by atoms with E-state index in [1.54, 1.807) is 30.4 Å². The maximum Gasteiger partial charge on any atom is 0.274 e. The van der Waals surface area contributed by atoms with Crippen LogP contribution in [0.3, 0.4) is 0 Å². The Labute approximate surface area is 171 Å². The van der Waals surface area contributed by atoms with Gasteiger partial charge in [0.05, 0.1) is 22.3 Å².